The van der Waals surface area contributed by atoms with Crippen molar-refractivity contribution in [2.24, 2.45) is 0 Å². The summed E-state index contributed by atoms with van der Waals surface area (Å²) >= 11 is 0. The third kappa shape index (κ3) is 3.95. The lowest BCUT2D eigenvalue weighted by Gasteiger charge is -2.13. The molecule has 0 bridgehead atoms. The Morgan fingerprint density at radius 3 is 2.57 bits per heavy atom. The van der Waals surface area contributed by atoms with Crippen molar-refractivity contribution in [2.45, 2.75) is 26.5 Å². The Morgan fingerprint density at radius 1 is 1.24 bits per heavy atom. The Morgan fingerprint density at radius 2 is 1.95 bits per heavy atom. The van der Waals surface area contributed by atoms with E-state index in [1.54, 1.807) is 6.92 Å². The van der Waals surface area contributed by atoms with Gasteiger partial charge < -0.3 is 14.5 Å². The number of hydrogen-bond acceptors (Lipinski definition) is 4. The molecular formula is C16H17NO4. The van der Waals surface area contributed by atoms with Gasteiger partial charge >= 0.3 is 5.97 Å². The highest BCUT2D eigenvalue weighted by Crippen LogP contribution is 2.11. The molecule has 0 spiro atoms. The van der Waals surface area contributed by atoms with Crippen molar-refractivity contribution in [1.82, 2.24) is 5.32 Å². The number of aryl methyl sites for hydroxylation is 1. The first-order valence-electron chi connectivity index (χ1n) is 6.64. The van der Waals surface area contributed by atoms with Crippen LogP contribution >= 0.6 is 0 Å². The van der Waals surface area contributed by atoms with Crippen molar-refractivity contribution in [3.8, 4) is 0 Å². The second-order valence-corrected chi connectivity index (χ2v) is 4.64. The number of amides is 1. The van der Waals surface area contributed by atoms with E-state index in [0.29, 0.717) is 17.9 Å². The third-order valence-corrected chi connectivity index (χ3v) is 3.04. The number of esters is 1. The highest BCUT2D eigenvalue weighted by Gasteiger charge is 2.20. The van der Waals surface area contributed by atoms with E-state index in [9.17, 15) is 9.59 Å². The summed E-state index contributed by atoms with van der Waals surface area (Å²) in [6.07, 6.45) is 0.544. The van der Waals surface area contributed by atoms with Crippen molar-refractivity contribution >= 4 is 11.9 Å². The number of carbonyl (C=O) groups excluding carboxylic acids is 2. The Kier molecular flexibility index (Phi) is 4.77. The van der Waals surface area contributed by atoms with Gasteiger partial charge in [-0.3, -0.25) is 4.79 Å². The van der Waals surface area contributed by atoms with Gasteiger partial charge in [0.15, 0.2) is 6.10 Å². The van der Waals surface area contributed by atoms with E-state index in [-0.39, 0.29) is 5.91 Å². The fourth-order valence-electron chi connectivity index (χ4n) is 1.80. The largest absolute Gasteiger partial charge is 0.469 e. The zero-order valence-electron chi connectivity index (χ0n) is 12.0. The van der Waals surface area contributed by atoms with Gasteiger partial charge in [-0.05, 0) is 25.5 Å². The number of rotatable bonds is 5. The van der Waals surface area contributed by atoms with Crippen molar-refractivity contribution in [1.29, 1.82) is 0 Å². The van der Waals surface area contributed by atoms with Crippen LogP contribution in [0.2, 0.25) is 0 Å². The maximum Gasteiger partial charge on any atom is 0.342 e. The van der Waals surface area contributed by atoms with Crippen molar-refractivity contribution in [2.75, 3.05) is 0 Å². The highest BCUT2D eigenvalue weighted by molar-refractivity contribution is 5.92. The van der Waals surface area contributed by atoms with Gasteiger partial charge in [-0.25, -0.2) is 4.79 Å². The molecule has 5 heteroatoms. The fourth-order valence-corrected chi connectivity index (χ4v) is 1.80. The summed E-state index contributed by atoms with van der Waals surface area (Å²) in [5.41, 5.74) is 1.31. The molecule has 0 unspecified atom stereocenters. The minimum atomic E-state index is -0.865. The zero-order chi connectivity index (χ0) is 15.2. The molecule has 0 radical (unpaired) electrons. The monoisotopic (exact) mass is 287 g/mol. The van der Waals surface area contributed by atoms with Crippen LogP contribution in [0.5, 0.6) is 0 Å². The molecule has 5 nitrogen and oxygen atoms in total. The van der Waals surface area contributed by atoms with Gasteiger partial charge in [0.2, 0.25) is 0 Å². The van der Waals surface area contributed by atoms with Crippen LogP contribution in [0.1, 0.15) is 28.6 Å². The standard InChI is InChI=1S/C16H17NO4/c1-11-14(8-9-20-11)16(19)21-12(2)15(18)17-10-13-6-4-3-5-7-13/h3-9,12H,10H2,1-2H3,(H,17,18)/t12-/m1/s1. The van der Waals surface area contributed by atoms with Gasteiger partial charge in [0.25, 0.3) is 5.91 Å². The van der Waals surface area contributed by atoms with E-state index < -0.39 is 12.1 Å². The average molecular weight is 287 g/mol. The van der Waals surface area contributed by atoms with Gasteiger partial charge in [-0.1, -0.05) is 30.3 Å². The summed E-state index contributed by atoms with van der Waals surface area (Å²) in [5, 5.41) is 2.72. The first-order chi connectivity index (χ1) is 10.1. The van der Waals surface area contributed by atoms with E-state index in [1.807, 2.05) is 30.3 Å². The van der Waals surface area contributed by atoms with E-state index in [2.05, 4.69) is 5.32 Å². The normalized spacial score (nSPS) is 11.7. The van der Waals surface area contributed by atoms with Crippen LogP contribution < -0.4 is 5.32 Å². The molecule has 2 rings (SSSR count). The SMILES string of the molecule is Cc1occc1C(=O)O[C@H](C)C(=O)NCc1ccccc1. The number of benzene rings is 1. The molecule has 1 aromatic carbocycles. The third-order valence-electron chi connectivity index (χ3n) is 3.04. The minimum Gasteiger partial charge on any atom is -0.469 e. The molecule has 1 amide bonds. The molecule has 0 saturated heterocycles. The van der Waals surface area contributed by atoms with Gasteiger partial charge in [-0.15, -0.1) is 0 Å². The first-order valence-corrected chi connectivity index (χ1v) is 6.64. The molecule has 0 fully saturated rings. The van der Waals surface area contributed by atoms with Crippen molar-refractivity contribution in [3.63, 3.8) is 0 Å². The Hall–Kier alpha value is -2.56. The molecule has 0 saturated carbocycles. The maximum absolute atomic E-state index is 11.9. The number of ether oxygens (including phenoxy) is 1. The van der Waals surface area contributed by atoms with Crippen molar-refractivity contribution < 1.29 is 18.7 Å². The van der Waals surface area contributed by atoms with E-state index in [1.165, 1.54) is 19.3 Å². The lowest BCUT2D eigenvalue weighted by molar-refractivity contribution is -0.129. The van der Waals surface area contributed by atoms with Gasteiger partial charge in [0.05, 0.1) is 6.26 Å². The van der Waals surface area contributed by atoms with Crippen molar-refractivity contribution in [3.05, 3.63) is 59.5 Å². The summed E-state index contributed by atoms with van der Waals surface area (Å²) in [6, 6.07) is 11.0. The maximum atomic E-state index is 11.9. The van der Waals surface area contributed by atoms with E-state index >= 15 is 0 Å². The summed E-state index contributed by atoms with van der Waals surface area (Å²) in [5.74, 6) is -0.436. The zero-order valence-corrected chi connectivity index (χ0v) is 12.0. The fraction of sp³-hybridized carbons (Fsp3) is 0.250. The Balaban J connectivity index is 1.85. The number of nitrogens with one attached hydrogen (secondary N) is 1. The highest BCUT2D eigenvalue weighted by atomic mass is 16.5. The second kappa shape index (κ2) is 6.74. The number of furan rings is 1. The first kappa shape index (κ1) is 14.8. The van der Waals surface area contributed by atoms with Crippen LogP contribution in [0.4, 0.5) is 0 Å². The Bertz CT molecular complexity index is 618. The van der Waals surface area contributed by atoms with Crippen LogP contribution in [0.15, 0.2) is 47.1 Å². The summed E-state index contributed by atoms with van der Waals surface area (Å²) in [7, 11) is 0. The molecular weight excluding hydrogens is 270 g/mol. The van der Waals surface area contributed by atoms with Gasteiger partial charge in [0, 0.05) is 6.54 Å². The minimum absolute atomic E-state index is 0.331. The lowest BCUT2D eigenvalue weighted by Crippen LogP contribution is -2.35. The second-order valence-electron chi connectivity index (χ2n) is 4.64. The predicted molar refractivity (Wildman–Crippen MR) is 76.6 cm³/mol. The molecule has 1 N–H and O–H groups in total. The molecule has 0 aliphatic rings. The molecule has 1 aromatic heterocycles. The lowest BCUT2D eigenvalue weighted by atomic mass is 10.2. The van der Waals surface area contributed by atoms with Crippen LogP contribution in [0, 0.1) is 6.92 Å². The summed E-state index contributed by atoms with van der Waals surface area (Å²) in [4.78, 5) is 23.7. The molecule has 110 valence electrons. The molecule has 1 heterocycles. The van der Waals surface area contributed by atoms with E-state index in [0.717, 1.165) is 5.56 Å². The quantitative estimate of drug-likeness (QED) is 0.858. The topological polar surface area (TPSA) is 68.5 Å². The predicted octanol–water partition coefficient (Wildman–Crippen LogP) is 2.45. The van der Waals surface area contributed by atoms with Gasteiger partial charge in [-0.2, -0.15) is 0 Å². The number of hydrogen-bond donors (Lipinski definition) is 1. The van der Waals surface area contributed by atoms with Crippen LogP contribution in [0.25, 0.3) is 0 Å². The molecule has 0 aliphatic heterocycles. The van der Waals surface area contributed by atoms with Crippen LogP contribution in [0.3, 0.4) is 0 Å². The van der Waals surface area contributed by atoms with Crippen LogP contribution in [-0.4, -0.2) is 18.0 Å². The average Bonchev–Trinajstić information content (AvgIpc) is 2.92. The Labute approximate surface area is 122 Å². The molecule has 21 heavy (non-hydrogen) atoms. The number of carbonyl (C=O) groups is 2. The van der Waals surface area contributed by atoms with Gasteiger partial charge in [0.1, 0.15) is 11.3 Å². The summed E-state index contributed by atoms with van der Waals surface area (Å²) < 4.78 is 10.1. The van der Waals surface area contributed by atoms with E-state index in [4.69, 9.17) is 9.15 Å². The van der Waals surface area contributed by atoms with Crippen LogP contribution in [-0.2, 0) is 16.1 Å². The smallest absolute Gasteiger partial charge is 0.342 e. The molecule has 0 aliphatic carbocycles. The summed E-state index contributed by atoms with van der Waals surface area (Å²) in [6.45, 7) is 3.59. The molecule has 2 aromatic rings. The molecule has 1 atom stereocenters.